The van der Waals surface area contributed by atoms with Crippen molar-refractivity contribution in [3.05, 3.63) is 64.5 Å². The van der Waals surface area contributed by atoms with Crippen LogP contribution in [0.4, 0.5) is 5.69 Å². The normalized spacial score (nSPS) is 19.6. The van der Waals surface area contributed by atoms with Gasteiger partial charge in [0, 0.05) is 56.7 Å². The molecule has 1 unspecified atom stereocenters. The van der Waals surface area contributed by atoms with E-state index in [1.807, 2.05) is 0 Å². The predicted octanol–water partition coefficient (Wildman–Crippen LogP) is 3.48. The van der Waals surface area contributed by atoms with Crippen molar-refractivity contribution >= 4 is 22.4 Å². The predicted molar refractivity (Wildman–Crippen MR) is 140 cm³/mol. The highest BCUT2D eigenvalue weighted by Gasteiger charge is 2.36. The first-order valence-electron chi connectivity index (χ1n) is 12.6. The Kier molecular flexibility index (Phi) is 6.46. The summed E-state index contributed by atoms with van der Waals surface area (Å²) in [5, 5.41) is 9.18. The van der Waals surface area contributed by atoms with Crippen molar-refractivity contribution in [3.63, 3.8) is 0 Å². The highest BCUT2D eigenvalue weighted by atomic mass is 16.1. The molecule has 0 bridgehead atoms. The van der Waals surface area contributed by atoms with E-state index in [2.05, 4.69) is 64.8 Å². The molecule has 36 heavy (non-hydrogen) atoms. The molecule has 0 amide bonds. The van der Waals surface area contributed by atoms with Gasteiger partial charge < -0.3 is 4.90 Å². The molecule has 4 heterocycles. The third kappa shape index (κ3) is 4.11. The van der Waals surface area contributed by atoms with Gasteiger partial charge in [-0.3, -0.25) is 19.7 Å². The van der Waals surface area contributed by atoms with Crippen LogP contribution >= 0.6 is 0 Å². The molecule has 4 aromatic rings. The van der Waals surface area contributed by atoms with Crippen molar-refractivity contribution in [3.8, 4) is 6.07 Å². The number of aryl methyl sites for hydroxylation is 1. The number of benzene rings is 1. The topological polar surface area (TPSA) is 95.4 Å². The molecule has 186 valence electrons. The molecule has 0 radical (unpaired) electrons. The van der Waals surface area contributed by atoms with Gasteiger partial charge in [0.15, 0.2) is 5.65 Å². The van der Waals surface area contributed by atoms with Crippen molar-refractivity contribution in [2.45, 2.75) is 58.2 Å². The van der Waals surface area contributed by atoms with Crippen LogP contribution in [0.2, 0.25) is 0 Å². The Balaban J connectivity index is 1.51. The van der Waals surface area contributed by atoms with Crippen LogP contribution in [-0.2, 0) is 13.5 Å². The minimum Gasteiger partial charge on any atom is -0.362 e. The van der Waals surface area contributed by atoms with Gasteiger partial charge in [-0.05, 0) is 37.5 Å². The van der Waals surface area contributed by atoms with Crippen LogP contribution in [0, 0.1) is 11.3 Å². The summed E-state index contributed by atoms with van der Waals surface area (Å²) in [6.45, 7) is 8.36. The van der Waals surface area contributed by atoms with E-state index in [1.165, 1.54) is 5.56 Å². The standard InChI is InChI=1S/C27H32N8O/c1-5-21-17-34(25-14-26(36)32(4)35-15-20(9-10-28)31-27(25)35)22(6-2)16-33(21)18(3)19-7-8-23-24(13-19)30-12-11-29-23/h7-8,11-15,18,21-22H,5-6,9,16-17H2,1-4H3/t18?,21-,22+/m1/s1. The summed E-state index contributed by atoms with van der Waals surface area (Å²) in [5.74, 6) is 0. The van der Waals surface area contributed by atoms with Crippen LogP contribution in [0.1, 0.15) is 50.9 Å². The fourth-order valence-corrected chi connectivity index (χ4v) is 5.47. The number of hydrogen-bond acceptors (Lipinski definition) is 7. The van der Waals surface area contributed by atoms with E-state index in [9.17, 15) is 10.1 Å². The smallest absolute Gasteiger partial charge is 0.267 e. The summed E-state index contributed by atoms with van der Waals surface area (Å²) in [6, 6.07) is 11.0. The zero-order valence-electron chi connectivity index (χ0n) is 21.3. The van der Waals surface area contributed by atoms with Gasteiger partial charge in [-0.2, -0.15) is 5.26 Å². The summed E-state index contributed by atoms with van der Waals surface area (Å²) < 4.78 is 3.33. The number of nitrogens with zero attached hydrogens (tertiary/aromatic N) is 8. The largest absolute Gasteiger partial charge is 0.362 e. The monoisotopic (exact) mass is 484 g/mol. The van der Waals surface area contributed by atoms with Crippen LogP contribution in [-0.4, -0.2) is 54.2 Å². The van der Waals surface area contributed by atoms with E-state index in [-0.39, 0.29) is 24.1 Å². The molecule has 5 rings (SSSR count). The van der Waals surface area contributed by atoms with E-state index in [0.29, 0.717) is 11.7 Å². The van der Waals surface area contributed by atoms with Crippen LogP contribution in [0.15, 0.2) is 47.7 Å². The number of aromatic nitrogens is 5. The SMILES string of the molecule is CC[C@H]1CN(C(C)c2ccc3nccnc3c2)[C@H](CC)CN1c1cc(=O)n(C)n2cc(CC#N)nc12. The molecule has 9 heteroatoms. The Bertz CT molecular complexity index is 1500. The molecule has 1 fully saturated rings. The van der Waals surface area contributed by atoms with Gasteiger partial charge in [-0.25, -0.2) is 14.2 Å². The first-order chi connectivity index (χ1) is 17.4. The first-order valence-corrected chi connectivity index (χ1v) is 12.6. The lowest BCUT2D eigenvalue weighted by molar-refractivity contribution is 0.101. The van der Waals surface area contributed by atoms with Crippen molar-refractivity contribution in [1.29, 1.82) is 5.26 Å². The molecule has 0 saturated carbocycles. The van der Waals surface area contributed by atoms with Crippen LogP contribution < -0.4 is 10.5 Å². The van der Waals surface area contributed by atoms with Crippen LogP contribution in [0.3, 0.4) is 0 Å². The van der Waals surface area contributed by atoms with Gasteiger partial charge in [0.2, 0.25) is 0 Å². The van der Waals surface area contributed by atoms with Gasteiger partial charge >= 0.3 is 0 Å². The number of rotatable bonds is 6. The van der Waals surface area contributed by atoms with E-state index < -0.39 is 0 Å². The molecular weight excluding hydrogens is 452 g/mol. The first kappa shape index (κ1) is 23.9. The van der Waals surface area contributed by atoms with E-state index >= 15 is 0 Å². The Hall–Kier alpha value is -3.77. The third-order valence-corrected chi connectivity index (χ3v) is 7.59. The molecule has 0 N–H and O–H groups in total. The lowest BCUT2D eigenvalue weighted by Gasteiger charge is -2.49. The number of anilines is 1. The van der Waals surface area contributed by atoms with Crippen molar-refractivity contribution in [1.82, 2.24) is 29.0 Å². The molecule has 1 saturated heterocycles. The average Bonchev–Trinajstić information content (AvgIpc) is 3.33. The van der Waals surface area contributed by atoms with Crippen molar-refractivity contribution in [2.75, 3.05) is 18.0 Å². The lowest BCUT2D eigenvalue weighted by atomic mass is 9.96. The quantitative estimate of drug-likeness (QED) is 0.413. The Morgan fingerprint density at radius 2 is 1.83 bits per heavy atom. The summed E-state index contributed by atoms with van der Waals surface area (Å²) in [7, 11) is 1.73. The maximum absolute atomic E-state index is 12.9. The molecular formula is C27H32N8O. The molecule has 3 aromatic heterocycles. The summed E-state index contributed by atoms with van der Waals surface area (Å²) in [6.07, 6.45) is 7.39. The zero-order chi connectivity index (χ0) is 25.4. The highest BCUT2D eigenvalue weighted by molar-refractivity contribution is 5.74. The van der Waals surface area contributed by atoms with Crippen LogP contribution in [0.25, 0.3) is 16.7 Å². The number of nitriles is 1. The van der Waals surface area contributed by atoms with Gasteiger partial charge in [-0.1, -0.05) is 19.9 Å². The van der Waals surface area contributed by atoms with Crippen molar-refractivity contribution < 1.29 is 0 Å². The molecule has 0 aliphatic carbocycles. The van der Waals surface area contributed by atoms with Gasteiger partial charge in [-0.15, -0.1) is 0 Å². The summed E-state index contributed by atoms with van der Waals surface area (Å²) in [5.41, 5.74) is 5.21. The summed E-state index contributed by atoms with van der Waals surface area (Å²) in [4.78, 5) is 31.5. The van der Waals surface area contributed by atoms with Crippen LogP contribution in [0.5, 0.6) is 0 Å². The van der Waals surface area contributed by atoms with E-state index in [1.54, 1.807) is 40.9 Å². The maximum atomic E-state index is 12.9. The minimum absolute atomic E-state index is 0.0885. The average molecular weight is 485 g/mol. The third-order valence-electron chi connectivity index (χ3n) is 7.59. The molecule has 1 aliphatic rings. The Labute approximate surface area is 210 Å². The minimum atomic E-state index is -0.0885. The molecule has 9 nitrogen and oxygen atoms in total. The maximum Gasteiger partial charge on any atom is 0.267 e. The second kappa shape index (κ2) is 9.70. The van der Waals surface area contributed by atoms with E-state index in [0.717, 1.165) is 48.3 Å². The lowest BCUT2D eigenvalue weighted by Crippen LogP contribution is -2.59. The fourth-order valence-electron chi connectivity index (χ4n) is 5.47. The highest BCUT2D eigenvalue weighted by Crippen LogP contribution is 2.33. The number of piperazine rings is 1. The molecule has 1 aliphatic heterocycles. The number of fused-ring (bicyclic) bond motifs is 2. The molecule has 1 aromatic carbocycles. The zero-order valence-corrected chi connectivity index (χ0v) is 21.3. The second-order valence-electron chi connectivity index (χ2n) is 9.58. The fraction of sp³-hybridized carbons (Fsp3) is 0.444. The second-order valence-corrected chi connectivity index (χ2v) is 9.58. The molecule has 3 atom stereocenters. The van der Waals surface area contributed by atoms with Gasteiger partial charge in [0.25, 0.3) is 5.56 Å². The molecule has 0 spiro atoms. The van der Waals surface area contributed by atoms with Gasteiger partial charge in [0.05, 0.1) is 41.1 Å². The van der Waals surface area contributed by atoms with Crippen molar-refractivity contribution in [2.24, 2.45) is 7.05 Å². The number of hydrogen-bond donors (Lipinski definition) is 0. The Morgan fingerprint density at radius 3 is 2.56 bits per heavy atom. The number of imidazole rings is 1. The Morgan fingerprint density at radius 1 is 1.08 bits per heavy atom. The van der Waals surface area contributed by atoms with Gasteiger partial charge in [0.1, 0.15) is 0 Å². The summed E-state index contributed by atoms with van der Waals surface area (Å²) >= 11 is 0. The van der Waals surface area contributed by atoms with E-state index in [4.69, 9.17) is 4.98 Å².